The summed E-state index contributed by atoms with van der Waals surface area (Å²) in [5.74, 6) is 2.48. The summed E-state index contributed by atoms with van der Waals surface area (Å²) < 4.78 is 17.3. The summed E-state index contributed by atoms with van der Waals surface area (Å²) >= 11 is 0. The number of carbonyl (C=O) groups is 2. The van der Waals surface area contributed by atoms with Gasteiger partial charge in [-0.15, -0.1) is 0 Å². The van der Waals surface area contributed by atoms with Crippen molar-refractivity contribution >= 4 is 11.8 Å². The number of ether oxygens (including phenoxy) is 3. The average molecular weight is 444 g/mol. The maximum Gasteiger partial charge on any atom is 0.267 e. The third-order valence-electron chi connectivity index (χ3n) is 5.74. The van der Waals surface area contributed by atoms with Crippen LogP contribution in [0.4, 0.5) is 0 Å². The van der Waals surface area contributed by atoms with Crippen LogP contribution >= 0.6 is 0 Å². The van der Waals surface area contributed by atoms with Crippen LogP contribution in [0.15, 0.2) is 78.9 Å². The third-order valence-corrected chi connectivity index (χ3v) is 5.74. The molecule has 0 saturated carbocycles. The summed E-state index contributed by atoms with van der Waals surface area (Å²) in [6.45, 7) is 2.04. The summed E-state index contributed by atoms with van der Waals surface area (Å²) in [6.07, 6.45) is -0.667. The Kier molecular flexibility index (Phi) is 5.85. The Morgan fingerprint density at radius 3 is 2.06 bits per heavy atom. The molecule has 3 aromatic carbocycles. The van der Waals surface area contributed by atoms with Gasteiger partial charge < -0.3 is 24.0 Å². The first-order chi connectivity index (χ1) is 16.2. The Balaban J connectivity index is 1.15. The van der Waals surface area contributed by atoms with Gasteiger partial charge in [0.05, 0.1) is 0 Å². The molecule has 5 rings (SSSR count). The summed E-state index contributed by atoms with van der Waals surface area (Å²) in [4.78, 5) is 29.3. The van der Waals surface area contributed by atoms with Gasteiger partial charge >= 0.3 is 0 Å². The molecule has 7 heteroatoms. The quantitative estimate of drug-likeness (QED) is 0.615. The summed E-state index contributed by atoms with van der Waals surface area (Å²) in [7, 11) is 0. The molecule has 2 amide bonds. The standard InChI is InChI=1S/C26H24N2O5/c29-25(19-10-12-21(13-11-19)32-20-6-2-1-3-7-20)27-14-16-28(17-15-27)26(30)24-18-31-22-8-4-5-9-23(22)33-24/h1-13,24H,14-18H2/t24-/m0/s1. The van der Waals surface area contributed by atoms with E-state index in [2.05, 4.69) is 0 Å². The molecule has 0 spiro atoms. The maximum absolute atomic E-state index is 12.9. The van der Waals surface area contributed by atoms with Crippen LogP contribution < -0.4 is 14.2 Å². The Labute approximate surface area is 192 Å². The molecule has 3 aromatic rings. The molecule has 1 fully saturated rings. The maximum atomic E-state index is 12.9. The van der Waals surface area contributed by atoms with Crippen LogP contribution in [-0.4, -0.2) is 60.5 Å². The third kappa shape index (κ3) is 4.62. The molecule has 0 radical (unpaired) electrons. The van der Waals surface area contributed by atoms with Gasteiger partial charge in [0.25, 0.3) is 11.8 Å². The SMILES string of the molecule is O=C(c1ccc(Oc2ccccc2)cc1)N1CCN(C(=O)[C@@H]2COc3ccccc3O2)CC1. The van der Waals surface area contributed by atoms with Crippen LogP contribution in [0.3, 0.4) is 0 Å². The number of hydrogen-bond acceptors (Lipinski definition) is 5. The molecule has 2 aliphatic rings. The Bertz CT molecular complexity index is 1120. The Morgan fingerprint density at radius 1 is 0.727 bits per heavy atom. The molecular formula is C26H24N2O5. The summed E-state index contributed by atoms with van der Waals surface area (Å²) in [5, 5.41) is 0. The highest BCUT2D eigenvalue weighted by molar-refractivity contribution is 5.94. The van der Waals surface area contributed by atoms with Gasteiger partial charge in [0.2, 0.25) is 6.10 Å². The Hall–Kier alpha value is -4.00. The van der Waals surface area contributed by atoms with Gasteiger partial charge in [0.15, 0.2) is 11.5 Å². The molecule has 7 nitrogen and oxygen atoms in total. The topological polar surface area (TPSA) is 68.3 Å². The minimum Gasteiger partial charge on any atom is -0.485 e. The molecule has 0 aliphatic carbocycles. The van der Waals surface area contributed by atoms with E-state index in [0.29, 0.717) is 49.0 Å². The highest BCUT2D eigenvalue weighted by Crippen LogP contribution is 2.31. The molecule has 2 aliphatic heterocycles. The first kappa shape index (κ1) is 20.9. The van der Waals surface area contributed by atoms with Crippen molar-refractivity contribution in [2.75, 3.05) is 32.8 Å². The molecule has 2 heterocycles. The van der Waals surface area contributed by atoms with Gasteiger partial charge in [-0.2, -0.15) is 0 Å². The van der Waals surface area contributed by atoms with Crippen LogP contribution in [0.25, 0.3) is 0 Å². The van der Waals surface area contributed by atoms with E-state index in [9.17, 15) is 9.59 Å². The van der Waals surface area contributed by atoms with Crippen molar-refractivity contribution in [1.82, 2.24) is 9.80 Å². The fourth-order valence-corrected chi connectivity index (χ4v) is 3.95. The van der Waals surface area contributed by atoms with Crippen molar-refractivity contribution in [3.8, 4) is 23.0 Å². The van der Waals surface area contributed by atoms with Gasteiger partial charge in [0.1, 0.15) is 18.1 Å². The van der Waals surface area contributed by atoms with E-state index in [1.54, 1.807) is 40.1 Å². The van der Waals surface area contributed by atoms with E-state index in [1.807, 2.05) is 48.5 Å². The number of nitrogens with zero attached hydrogens (tertiary/aromatic N) is 2. The molecule has 0 N–H and O–H groups in total. The lowest BCUT2D eigenvalue weighted by Gasteiger charge is -2.37. The van der Waals surface area contributed by atoms with Crippen molar-refractivity contribution in [1.29, 1.82) is 0 Å². The Morgan fingerprint density at radius 2 is 1.33 bits per heavy atom. The summed E-state index contributed by atoms with van der Waals surface area (Å²) in [5.41, 5.74) is 0.593. The predicted molar refractivity (Wildman–Crippen MR) is 122 cm³/mol. The van der Waals surface area contributed by atoms with E-state index in [4.69, 9.17) is 14.2 Å². The average Bonchev–Trinajstić information content (AvgIpc) is 2.89. The number of para-hydroxylation sites is 3. The van der Waals surface area contributed by atoms with Gasteiger partial charge in [-0.1, -0.05) is 30.3 Å². The highest BCUT2D eigenvalue weighted by atomic mass is 16.6. The monoisotopic (exact) mass is 444 g/mol. The first-order valence-corrected chi connectivity index (χ1v) is 11.0. The van der Waals surface area contributed by atoms with Gasteiger partial charge in [-0.25, -0.2) is 0 Å². The zero-order valence-corrected chi connectivity index (χ0v) is 18.1. The fraction of sp³-hybridized carbons (Fsp3) is 0.231. The van der Waals surface area contributed by atoms with Crippen molar-refractivity contribution in [2.24, 2.45) is 0 Å². The molecule has 0 unspecified atom stereocenters. The summed E-state index contributed by atoms with van der Waals surface area (Å²) in [6, 6.07) is 23.9. The van der Waals surface area contributed by atoms with E-state index >= 15 is 0 Å². The second-order valence-corrected chi connectivity index (χ2v) is 7.92. The largest absolute Gasteiger partial charge is 0.485 e. The van der Waals surface area contributed by atoms with E-state index in [-0.39, 0.29) is 18.4 Å². The van der Waals surface area contributed by atoms with Crippen molar-refractivity contribution in [3.05, 3.63) is 84.4 Å². The van der Waals surface area contributed by atoms with Gasteiger partial charge in [-0.3, -0.25) is 9.59 Å². The minimum atomic E-state index is -0.667. The van der Waals surface area contributed by atoms with Gasteiger partial charge in [0, 0.05) is 31.7 Å². The van der Waals surface area contributed by atoms with Crippen LogP contribution in [0, 0.1) is 0 Å². The predicted octanol–water partition coefficient (Wildman–Crippen LogP) is 3.60. The second kappa shape index (κ2) is 9.24. The number of carbonyl (C=O) groups excluding carboxylic acids is 2. The van der Waals surface area contributed by atoms with E-state index in [0.717, 1.165) is 5.75 Å². The van der Waals surface area contributed by atoms with Crippen LogP contribution in [0.2, 0.25) is 0 Å². The molecule has 0 aromatic heterocycles. The van der Waals surface area contributed by atoms with Crippen LogP contribution in [0.1, 0.15) is 10.4 Å². The van der Waals surface area contributed by atoms with E-state index < -0.39 is 6.10 Å². The first-order valence-electron chi connectivity index (χ1n) is 11.0. The molecular weight excluding hydrogens is 420 g/mol. The van der Waals surface area contributed by atoms with Crippen LogP contribution in [0.5, 0.6) is 23.0 Å². The molecule has 0 bridgehead atoms. The van der Waals surface area contributed by atoms with Crippen molar-refractivity contribution < 1.29 is 23.8 Å². The van der Waals surface area contributed by atoms with Crippen LogP contribution in [-0.2, 0) is 4.79 Å². The lowest BCUT2D eigenvalue weighted by Crippen LogP contribution is -2.55. The number of rotatable bonds is 4. The molecule has 33 heavy (non-hydrogen) atoms. The smallest absolute Gasteiger partial charge is 0.267 e. The highest BCUT2D eigenvalue weighted by Gasteiger charge is 2.33. The molecule has 1 saturated heterocycles. The number of hydrogen-bond donors (Lipinski definition) is 0. The number of amides is 2. The van der Waals surface area contributed by atoms with Crippen molar-refractivity contribution in [2.45, 2.75) is 6.10 Å². The van der Waals surface area contributed by atoms with Gasteiger partial charge in [-0.05, 0) is 48.5 Å². The van der Waals surface area contributed by atoms with E-state index in [1.165, 1.54) is 0 Å². The number of fused-ring (bicyclic) bond motifs is 1. The van der Waals surface area contributed by atoms with Crippen molar-refractivity contribution in [3.63, 3.8) is 0 Å². The fourth-order valence-electron chi connectivity index (χ4n) is 3.95. The lowest BCUT2D eigenvalue weighted by molar-refractivity contribution is -0.142. The molecule has 168 valence electrons. The normalized spacial score (nSPS) is 17.4. The zero-order chi connectivity index (χ0) is 22.6. The molecule has 1 atom stereocenters. The minimum absolute atomic E-state index is 0.0560. The number of benzene rings is 3. The number of piperazine rings is 1. The lowest BCUT2D eigenvalue weighted by atomic mass is 10.1. The second-order valence-electron chi connectivity index (χ2n) is 7.92. The zero-order valence-electron chi connectivity index (χ0n) is 18.1.